The van der Waals surface area contributed by atoms with Crippen molar-refractivity contribution < 1.29 is 27.6 Å². The summed E-state index contributed by atoms with van der Waals surface area (Å²) in [5, 5.41) is 0. The lowest BCUT2D eigenvalue weighted by Gasteiger charge is -2.32. The lowest BCUT2D eigenvalue weighted by atomic mass is 9.75. The van der Waals surface area contributed by atoms with Crippen LogP contribution in [0.1, 0.15) is 56.1 Å². The predicted molar refractivity (Wildman–Crippen MR) is 97.7 cm³/mol. The Bertz CT molecular complexity index is 844. The number of nitrogens with zero attached hydrogens (tertiary/aromatic N) is 2. The number of piperidine rings is 1. The number of benzene rings is 1. The molecular weight excluding hydrogens is 385 g/mol. The Balaban J connectivity index is 1.73. The van der Waals surface area contributed by atoms with Gasteiger partial charge in [-0.1, -0.05) is 18.2 Å². The van der Waals surface area contributed by atoms with Gasteiger partial charge in [-0.25, -0.2) is 0 Å². The lowest BCUT2D eigenvalue weighted by molar-refractivity contribution is -0.143. The normalized spacial score (nSPS) is 25.6. The van der Waals surface area contributed by atoms with Gasteiger partial charge in [-0.2, -0.15) is 13.2 Å². The number of carbonyl (C=O) groups is 3. The highest BCUT2D eigenvalue weighted by Crippen LogP contribution is 2.45. The van der Waals surface area contributed by atoms with Crippen molar-refractivity contribution in [2.45, 2.75) is 62.6 Å². The first-order valence-corrected chi connectivity index (χ1v) is 10.0. The summed E-state index contributed by atoms with van der Waals surface area (Å²) in [5.41, 5.74) is -2.35. The molecule has 0 bridgehead atoms. The van der Waals surface area contributed by atoms with Crippen LogP contribution in [0.3, 0.4) is 0 Å². The monoisotopic (exact) mass is 408 g/mol. The standard InChI is InChI=1S/C21H23F3N2O3/c22-21(23,24)15-6-4-5-14(11-15)20(12-17(27)25-9-2-1-3-10-25)13-18(28)26(19(20)29)16-7-8-16/h4-6,11,16H,1-3,7-10,12-13H2. The van der Waals surface area contributed by atoms with E-state index in [9.17, 15) is 27.6 Å². The van der Waals surface area contributed by atoms with E-state index in [0.717, 1.165) is 31.4 Å². The zero-order chi connectivity index (χ0) is 20.8. The maximum absolute atomic E-state index is 13.4. The van der Waals surface area contributed by atoms with E-state index in [1.165, 1.54) is 17.0 Å². The van der Waals surface area contributed by atoms with Crippen LogP contribution in [-0.2, 0) is 26.0 Å². The minimum Gasteiger partial charge on any atom is -0.343 e. The van der Waals surface area contributed by atoms with E-state index in [0.29, 0.717) is 25.9 Å². The molecule has 3 fully saturated rings. The van der Waals surface area contributed by atoms with E-state index < -0.39 is 29.0 Å². The molecule has 1 unspecified atom stereocenters. The minimum atomic E-state index is -4.57. The highest BCUT2D eigenvalue weighted by atomic mass is 19.4. The van der Waals surface area contributed by atoms with Crippen molar-refractivity contribution in [1.82, 2.24) is 9.80 Å². The fourth-order valence-corrected chi connectivity index (χ4v) is 4.44. The number of halogens is 3. The smallest absolute Gasteiger partial charge is 0.343 e. The molecule has 4 rings (SSSR count). The maximum Gasteiger partial charge on any atom is 0.416 e. The molecule has 2 heterocycles. The van der Waals surface area contributed by atoms with Gasteiger partial charge < -0.3 is 4.90 Å². The molecule has 1 saturated carbocycles. The third-order valence-corrected chi connectivity index (χ3v) is 6.17. The first-order valence-electron chi connectivity index (χ1n) is 10.0. The van der Waals surface area contributed by atoms with E-state index in [4.69, 9.17) is 0 Å². The van der Waals surface area contributed by atoms with Crippen LogP contribution in [0.2, 0.25) is 0 Å². The number of rotatable bonds is 4. The van der Waals surface area contributed by atoms with Gasteiger partial charge in [-0.05, 0) is 43.7 Å². The van der Waals surface area contributed by atoms with Gasteiger partial charge in [0.15, 0.2) is 0 Å². The Labute approximate surface area is 166 Å². The van der Waals surface area contributed by atoms with Gasteiger partial charge in [0, 0.05) is 32.0 Å². The maximum atomic E-state index is 13.4. The molecule has 1 atom stereocenters. The largest absolute Gasteiger partial charge is 0.416 e. The Kier molecular flexibility index (Phi) is 4.91. The van der Waals surface area contributed by atoms with Gasteiger partial charge in [-0.3, -0.25) is 19.3 Å². The summed E-state index contributed by atoms with van der Waals surface area (Å²) in [4.78, 5) is 41.8. The second-order valence-corrected chi connectivity index (χ2v) is 8.26. The quantitative estimate of drug-likeness (QED) is 0.719. The van der Waals surface area contributed by atoms with Crippen molar-refractivity contribution in [3.63, 3.8) is 0 Å². The van der Waals surface area contributed by atoms with E-state index in [2.05, 4.69) is 0 Å². The molecule has 8 heteroatoms. The zero-order valence-corrected chi connectivity index (χ0v) is 16.0. The van der Waals surface area contributed by atoms with E-state index in [1.807, 2.05) is 0 Å². The summed E-state index contributed by atoms with van der Waals surface area (Å²) < 4.78 is 39.9. The fourth-order valence-electron chi connectivity index (χ4n) is 4.44. The SMILES string of the molecule is O=C(CC1(c2cccc(C(F)(F)F)c2)CC(=O)N(C2CC2)C1=O)N1CCCCC1. The number of hydrogen-bond acceptors (Lipinski definition) is 3. The van der Waals surface area contributed by atoms with Crippen LogP contribution >= 0.6 is 0 Å². The molecule has 2 aliphatic heterocycles. The molecule has 0 spiro atoms. The second kappa shape index (κ2) is 7.15. The highest BCUT2D eigenvalue weighted by molar-refractivity contribution is 6.11. The van der Waals surface area contributed by atoms with Gasteiger partial charge in [0.2, 0.25) is 17.7 Å². The third kappa shape index (κ3) is 3.65. The van der Waals surface area contributed by atoms with Crippen LogP contribution < -0.4 is 0 Å². The number of alkyl halides is 3. The molecule has 3 aliphatic rings. The molecular formula is C21H23F3N2O3. The zero-order valence-electron chi connectivity index (χ0n) is 16.0. The van der Waals surface area contributed by atoms with Crippen molar-refractivity contribution in [1.29, 1.82) is 0 Å². The van der Waals surface area contributed by atoms with Crippen molar-refractivity contribution in [2.75, 3.05) is 13.1 Å². The van der Waals surface area contributed by atoms with Crippen molar-refractivity contribution in [3.05, 3.63) is 35.4 Å². The van der Waals surface area contributed by atoms with Gasteiger partial charge in [0.25, 0.3) is 0 Å². The minimum absolute atomic E-state index is 0.0965. The van der Waals surface area contributed by atoms with Gasteiger partial charge in [-0.15, -0.1) is 0 Å². The van der Waals surface area contributed by atoms with Crippen LogP contribution in [0.4, 0.5) is 13.2 Å². The second-order valence-electron chi connectivity index (χ2n) is 8.26. The number of likely N-dealkylation sites (tertiary alicyclic amines) is 2. The van der Waals surface area contributed by atoms with Crippen LogP contribution in [0.5, 0.6) is 0 Å². The Morgan fingerprint density at radius 1 is 1.10 bits per heavy atom. The molecule has 3 amide bonds. The van der Waals surface area contributed by atoms with Gasteiger partial charge in [0.05, 0.1) is 11.0 Å². The Morgan fingerprint density at radius 2 is 1.79 bits per heavy atom. The third-order valence-electron chi connectivity index (χ3n) is 6.17. The van der Waals surface area contributed by atoms with Crippen LogP contribution in [0.25, 0.3) is 0 Å². The summed E-state index contributed by atoms with van der Waals surface area (Å²) >= 11 is 0. The molecule has 0 N–H and O–H groups in total. The fraction of sp³-hybridized carbons (Fsp3) is 0.571. The molecule has 1 aromatic carbocycles. The van der Waals surface area contributed by atoms with Crippen molar-refractivity contribution in [3.8, 4) is 0 Å². The average Bonchev–Trinajstić information content (AvgIpc) is 3.48. The molecule has 29 heavy (non-hydrogen) atoms. The van der Waals surface area contributed by atoms with E-state index >= 15 is 0 Å². The summed E-state index contributed by atoms with van der Waals surface area (Å²) in [6, 6.07) is 4.34. The van der Waals surface area contributed by atoms with E-state index in [1.54, 1.807) is 4.90 Å². The molecule has 0 radical (unpaired) electrons. The molecule has 1 aliphatic carbocycles. The molecule has 1 aromatic rings. The summed E-state index contributed by atoms with van der Waals surface area (Å²) in [6.07, 6.45) is -0.949. The average molecular weight is 408 g/mol. The number of amides is 3. The number of carbonyl (C=O) groups excluding carboxylic acids is 3. The molecule has 5 nitrogen and oxygen atoms in total. The molecule has 0 aromatic heterocycles. The summed E-state index contributed by atoms with van der Waals surface area (Å²) in [6.45, 7) is 1.15. The first kappa shape index (κ1) is 19.9. The van der Waals surface area contributed by atoms with Gasteiger partial charge in [0.1, 0.15) is 0 Å². The summed E-state index contributed by atoms with van der Waals surface area (Å²) in [7, 11) is 0. The lowest BCUT2D eigenvalue weighted by Crippen LogP contribution is -2.45. The van der Waals surface area contributed by atoms with Crippen LogP contribution in [0, 0.1) is 0 Å². The Hall–Kier alpha value is -2.38. The Morgan fingerprint density at radius 3 is 2.41 bits per heavy atom. The number of imide groups is 1. The van der Waals surface area contributed by atoms with Crippen molar-refractivity contribution >= 4 is 17.7 Å². The van der Waals surface area contributed by atoms with E-state index in [-0.39, 0.29) is 30.4 Å². The number of hydrogen-bond donors (Lipinski definition) is 0. The molecule has 156 valence electrons. The van der Waals surface area contributed by atoms with Gasteiger partial charge >= 0.3 is 6.18 Å². The predicted octanol–water partition coefficient (Wildman–Crippen LogP) is 3.27. The van der Waals surface area contributed by atoms with Crippen molar-refractivity contribution in [2.24, 2.45) is 0 Å². The topological polar surface area (TPSA) is 57.7 Å². The van der Waals surface area contributed by atoms with Crippen LogP contribution in [-0.4, -0.2) is 46.7 Å². The first-order chi connectivity index (χ1) is 13.7. The summed E-state index contributed by atoms with van der Waals surface area (Å²) in [5.74, 6) is -1.21. The highest BCUT2D eigenvalue weighted by Gasteiger charge is 2.57. The molecule has 2 saturated heterocycles. The van der Waals surface area contributed by atoms with Crippen LogP contribution in [0.15, 0.2) is 24.3 Å².